The lowest BCUT2D eigenvalue weighted by molar-refractivity contribution is -0.618. The third-order valence-electron chi connectivity index (χ3n) is 5.69. The topological polar surface area (TPSA) is 30.2 Å². The van der Waals surface area contributed by atoms with Crippen LogP contribution in [0.1, 0.15) is 37.9 Å². The van der Waals surface area contributed by atoms with E-state index < -0.39 is 0 Å². The molecule has 5 aromatic rings. The van der Waals surface area contributed by atoms with Gasteiger partial charge in [-0.25, -0.2) is 0 Å². The summed E-state index contributed by atoms with van der Waals surface area (Å²) < 4.78 is 15.2. The molecule has 3 heteroatoms. The SMILES string of the molecule is Cc1ccc2c(oc3ccccc32)c1-[n+]1c(C(C)(C)C)oc(-c2ccccc2)c1C. The van der Waals surface area contributed by atoms with Crippen LogP contribution >= 0.6 is 0 Å². The van der Waals surface area contributed by atoms with E-state index in [2.05, 4.69) is 75.6 Å². The maximum absolute atomic E-state index is 6.55. The second-order valence-corrected chi connectivity index (χ2v) is 8.98. The van der Waals surface area contributed by atoms with E-state index in [-0.39, 0.29) is 5.41 Å². The van der Waals surface area contributed by atoms with E-state index in [1.54, 1.807) is 0 Å². The number of para-hydroxylation sites is 1. The Bertz CT molecular complexity index is 1380. The van der Waals surface area contributed by atoms with E-state index in [1.807, 2.05) is 30.3 Å². The summed E-state index contributed by atoms with van der Waals surface area (Å²) in [6, 6.07) is 22.9. The van der Waals surface area contributed by atoms with Crippen LogP contribution in [0.4, 0.5) is 0 Å². The van der Waals surface area contributed by atoms with Gasteiger partial charge in [-0.3, -0.25) is 0 Å². The van der Waals surface area contributed by atoms with Crippen LogP contribution < -0.4 is 4.57 Å². The minimum absolute atomic E-state index is 0.182. The zero-order valence-electron chi connectivity index (χ0n) is 18.1. The average Bonchev–Trinajstić information content (AvgIpc) is 3.26. The van der Waals surface area contributed by atoms with Gasteiger partial charge < -0.3 is 8.83 Å². The lowest BCUT2D eigenvalue weighted by atomic mass is 9.96. The molecule has 2 aromatic heterocycles. The van der Waals surface area contributed by atoms with Crippen molar-refractivity contribution in [3.8, 4) is 17.0 Å². The van der Waals surface area contributed by atoms with Crippen LogP contribution in [0.5, 0.6) is 0 Å². The van der Waals surface area contributed by atoms with Crippen molar-refractivity contribution in [1.29, 1.82) is 0 Å². The van der Waals surface area contributed by atoms with Crippen LogP contribution in [0, 0.1) is 13.8 Å². The first-order valence-corrected chi connectivity index (χ1v) is 10.4. The smallest absolute Gasteiger partial charge is 0.359 e. The molecule has 2 heterocycles. The van der Waals surface area contributed by atoms with Crippen molar-refractivity contribution in [3.63, 3.8) is 0 Å². The molecule has 0 aliphatic rings. The van der Waals surface area contributed by atoms with Crippen molar-refractivity contribution in [2.45, 2.75) is 40.0 Å². The number of furan rings is 1. The molecule has 0 unspecified atom stereocenters. The Kier molecular flexibility index (Phi) is 4.11. The summed E-state index contributed by atoms with van der Waals surface area (Å²) in [5, 5.41) is 2.26. The van der Waals surface area contributed by atoms with Crippen LogP contribution in [-0.2, 0) is 5.41 Å². The highest BCUT2D eigenvalue weighted by molar-refractivity contribution is 6.07. The Morgan fingerprint density at radius 2 is 1.43 bits per heavy atom. The minimum Gasteiger partial charge on any atom is -0.449 e. The summed E-state index contributed by atoms with van der Waals surface area (Å²) in [7, 11) is 0. The third kappa shape index (κ3) is 2.77. The molecule has 0 saturated heterocycles. The van der Waals surface area contributed by atoms with Crippen molar-refractivity contribution in [2.75, 3.05) is 0 Å². The molecule has 0 radical (unpaired) electrons. The Morgan fingerprint density at radius 1 is 0.733 bits per heavy atom. The van der Waals surface area contributed by atoms with Crippen molar-refractivity contribution in [3.05, 3.63) is 83.9 Å². The highest BCUT2D eigenvalue weighted by Crippen LogP contribution is 2.36. The fraction of sp³-hybridized carbons (Fsp3) is 0.222. The molecule has 0 atom stereocenters. The van der Waals surface area contributed by atoms with Gasteiger partial charge in [0, 0.05) is 28.8 Å². The summed E-state index contributed by atoms with van der Waals surface area (Å²) in [5.74, 6) is 1.81. The van der Waals surface area contributed by atoms with Crippen molar-refractivity contribution < 1.29 is 13.4 Å². The van der Waals surface area contributed by atoms with Gasteiger partial charge in [0.15, 0.2) is 0 Å². The number of aryl methyl sites for hydroxylation is 1. The van der Waals surface area contributed by atoms with Gasteiger partial charge in [0.05, 0.1) is 5.41 Å². The standard InChI is InChI=1S/C27H26NO2/c1-17-15-16-21-20-13-9-10-14-22(20)29-25(21)23(17)28-18(2)24(19-11-7-6-8-12-19)30-26(28)27(3,4)5/h6-16H,1-5H3/q+1. The van der Waals surface area contributed by atoms with Crippen molar-refractivity contribution >= 4 is 21.9 Å². The predicted octanol–water partition coefficient (Wildman–Crippen LogP) is 7.04. The molecule has 0 aliphatic carbocycles. The van der Waals surface area contributed by atoms with Gasteiger partial charge in [0.2, 0.25) is 17.0 Å². The van der Waals surface area contributed by atoms with E-state index >= 15 is 0 Å². The van der Waals surface area contributed by atoms with Crippen LogP contribution in [0.25, 0.3) is 38.9 Å². The number of oxazole rings is 1. The molecule has 30 heavy (non-hydrogen) atoms. The van der Waals surface area contributed by atoms with Crippen molar-refractivity contribution in [1.82, 2.24) is 0 Å². The Balaban J connectivity index is 1.90. The number of rotatable bonds is 2. The largest absolute Gasteiger partial charge is 0.449 e. The van der Waals surface area contributed by atoms with Crippen molar-refractivity contribution in [2.24, 2.45) is 0 Å². The summed E-state index contributed by atoms with van der Waals surface area (Å²) in [6.45, 7) is 10.8. The van der Waals surface area contributed by atoms with Crippen LogP contribution in [0.3, 0.4) is 0 Å². The van der Waals surface area contributed by atoms with Crippen LogP contribution in [0.2, 0.25) is 0 Å². The fourth-order valence-corrected chi connectivity index (χ4v) is 4.24. The molecule has 0 fully saturated rings. The van der Waals surface area contributed by atoms with E-state index in [1.165, 1.54) is 0 Å². The van der Waals surface area contributed by atoms with E-state index in [0.717, 1.165) is 56.1 Å². The number of benzene rings is 3. The molecule has 0 N–H and O–H groups in total. The maximum Gasteiger partial charge on any atom is 0.359 e. The van der Waals surface area contributed by atoms with Gasteiger partial charge >= 0.3 is 5.89 Å². The maximum atomic E-state index is 6.55. The second-order valence-electron chi connectivity index (χ2n) is 8.98. The molecule has 3 nitrogen and oxygen atoms in total. The normalized spacial score (nSPS) is 12.2. The Hall–Kier alpha value is -3.33. The molecule has 5 rings (SSSR count). The van der Waals surface area contributed by atoms with Gasteiger partial charge in [-0.2, -0.15) is 0 Å². The average molecular weight is 397 g/mol. The molecular weight excluding hydrogens is 370 g/mol. The summed E-state index contributed by atoms with van der Waals surface area (Å²) >= 11 is 0. The predicted molar refractivity (Wildman–Crippen MR) is 121 cm³/mol. The Morgan fingerprint density at radius 3 is 2.17 bits per heavy atom. The molecule has 3 aromatic carbocycles. The van der Waals surface area contributed by atoms with Gasteiger partial charge in [0.25, 0.3) is 5.69 Å². The minimum atomic E-state index is -0.182. The van der Waals surface area contributed by atoms with Gasteiger partial charge in [0.1, 0.15) is 5.58 Å². The zero-order chi connectivity index (χ0) is 21.0. The number of fused-ring (bicyclic) bond motifs is 3. The highest BCUT2D eigenvalue weighted by atomic mass is 16.4. The van der Waals surface area contributed by atoms with E-state index in [4.69, 9.17) is 8.83 Å². The first-order valence-electron chi connectivity index (χ1n) is 10.4. The quantitative estimate of drug-likeness (QED) is 0.300. The first kappa shape index (κ1) is 18.7. The summed E-state index contributed by atoms with van der Waals surface area (Å²) in [6.07, 6.45) is 0. The molecule has 0 saturated carbocycles. The third-order valence-corrected chi connectivity index (χ3v) is 5.69. The van der Waals surface area contributed by atoms with Crippen LogP contribution in [-0.4, -0.2) is 0 Å². The number of nitrogens with zero attached hydrogens (tertiary/aromatic N) is 1. The number of aromatic nitrogens is 1. The van der Waals surface area contributed by atoms with E-state index in [9.17, 15) is 0 Å². The second kappa shape index (κ2) is 6.60. The summed E-state index contributed by atoms with van der Waals surface area (Å²) in [5.41, 5.74) is 5.98. The molecule has 0 bridgehead atoms. The molecular formula is C27H26NO2+. The fourth-order valence-electron chi connectivity index (χ4n) is 4.24. The molecule has 0 spiro atoms. The van der Waals surface area contributed by atoms with Crippen LogP contribution in [0.15, 0.2) is 75.6 Å². The van der Waals surface area contributed by atoms with Gasteiger partial charge in [-0.15, -0.1) is 4.57 Å². The Labute approximate surface area is 176 Å². The highest BCUT2D eigenvalue weighted by Gasteiger charge is 2.39. The molecule has 0 amide bonds. The van der Waals surface area contributed by atoms with Gasteiger partial charge in [-0.05, 0) is 39.8 Å². The summed E-state index contributed by atoms with van der Waals surface area (Å²) in [4.78, 5) is 0. The van der Waals surface area contributed by atoms with Gasteiger partial charge in [-0.1, -0.05) is 54.6 Å². The number of hydrogen-bond acceptors (Lipinski definition) is 2. The monoisotopic (exact) mass is 396 g/mol. The van der Waals surface area contributed by atoms with E-state index in [0.29, 0.717) is 0 Å². The molecule has 0 aliphatic heterocycles. The first-order chi connectivity index (χ1) is 14.4. The zero-order valence-corrected chi connectivity index (χ0v) is 18.1. The number of hydrogen-bond donors (Lipinski definition) is 0. The lowest BCUT2D eigenvalue weighted by Crippen LogP contribution is -2.41. The lowest BCUT2D eigenvalue weighted by Gasteiger charge is -2.12. The molecule has 150 valence electrons.